The molecule has 0 amide bonds. The maximum absolute atomic E-state index is 12.9. The minimum atomic E-state index is -3.72. The molecular formula is C17H24Cl2N2O3S2. The molecule has 2 aliphatic heterocycles. The van der Waals surface area contributed by atoms with Gasteiger partial charge in [0.05, 0.1) is 5.02 Å². The number of sulfonamides is 1. The van der Waals surface area contributed by atoms with Gasteiger partial charge in [0.25, 0.3) is 0 Å². The molecule has 0 spiro atoms. The van der Waals surface area contributed by atoms with Crippen molar-refractivity contribution in [3.8, 4) is 0 Å². The van der Waals surface area contributed by atoms with Gasteiger partial charge in [-0.3, -0.25) is 4.90 Å². The second-order valence-corrected chi connectivity index (χ2v) is 10.6. The monoisotopic (exact) mass is 438 g/mol. The molecule has 2 saturated heterocycles. The Morgan fingerprint density at radius 3 is 2.50 bits per heavy atom. The van der Waals surface area contributed by atoms with Crippen LogP contribution in [-0.2, 0) is 14.8 Å². The predicted octanol–water partition coefficient (Wildman–Crippen LogP) is 3.18. The summed E-state index contributed by atoms with van der Waals surface area (Å²) >= 11 is 14.1. The summed E-state index contributed by atoms with van der Waals surface area (Å²) in [6.45, 7) is 5.41. The highest BCUT2D eigenvalue weighted by Gasteiger charge is 2.40. The average molecular weight is 439 g/mol. The summed E-state index contributed by atoms with van der Waals surface area (Å²) in [5.74, 6) is 2.16. The molecule has 0 aromatic heterocycles. The number of nitrogens with zero attached hydrogens (tertiary/aromatic N) is 1. The summed E-state index contributed by atoms with van der Waals surface area (Å²) in [5, 5.41) is 0.601. The minimum absolute atomic E-state index is 0.0810. The summed E-state index contributed by atoms with van der Waals surface area (Å²) in [7, 11) is -3.72. The average Bonchev–Trinajstić information content (AvgIpc) is 2.64. The van der Waals surface area contributed by atoms with Gasteiger partial charge in [0.1, 0.15) is 4.90 Å². The van der Waals surface area contributed by atoms with E-state index in [1.165, 1.54) is 12.1 Å². The van der Waals surface area contributed by atoms with Crippen LogP contribution in [0.3, 0.4) is 0 Å². The van der Waals surface area contributed by atoms with Crippen LogP contribution in [-0.4, -0.2) is 63.2 Å². The van der Waals surface area contributed by atoms with Crippen molar-refractivity contribution in [2.24, 2.45) is 0 Å². The van der Waals surface area contributed by atoms with Gasteiger partial charge < -0.3 is 4.74 Å². The number of benzene rings is 1. The Morgan fingerprint density at radius 2 is 1.85 bits per heavy atom. The van der Waals surface area contributed by atoms with Gasteiger partial charge in [-0.05, 0) is 37.5 Å². The van der Waals surface area contributed by atoms with Gasteiger partial charge in [0, 0.05) is 54.9 Å². The van der Waals surface area contributed by atoms with Gasteiger partial charge in [-0.25, -0.2) is 13.1 Å². The lowest BCUT2D eigenvalue weighted by Crippen LogP contribution is -2.60. The van der Waals surface area contributed by atoms with E-state index in [2.05, 4.69) is 9.62 Å². The van der Waals surface area contributed by atoms with Crippen LogP contribution in [0.1, 0.15) is 18.4 Å². The third-order valence-corrected chi connectivity index (χ3v) is 8.41. The van der Waals surface area contributed by atoms with Crippen molar-refractivity contribution in [2.75, 3.05) is 44.4 Å². The molecule has 2 heterocycles. The van der Waals surface area contributed by atoms with E-state index in [0.29, 0.717) is 30.3 Å². The molecule has 2 fully saturated rings. The van der Waals surface area contributed by atoms with Gasteiger partial charge in [-0.15, -0.1) is 0 Å². The predicted molar refractivity (Wildman–Crippen MR) is 108 cm³/mol. The van der Waals surface area contributed by atoms with Gasteiger partial charge in [0.15, 0.2) is 0 Å². The number of aryl methyl sites for hydroxylation is 1. The van der Waals surface area contributed by atoms with Crippen LogP contribution in [0.5, 0.6) is 0 Å². The molecule has 146 valence electrons. The summed E-state index contributed by atoms with van der Waals surface area (Å²) in [6, 6.07) is 3.01. The van der Waals surface area contributed by atoms with Crippen LogP contribution in [0.2, 0.25) is 10.0 Å². The van der Waals surface area contributed by atoms with Crippen molar-refractivity contribution in [3.63, 3.8) is 0 Å². The first-order valence-corrected chi connectivity index (χ1v) is 12.1. The fourth-order valence-electron chi connectivity index (χ4n) is 3.54. The number of hydrogen-bond acceptors (Lipinski definition) is 5. The Morgan fingerprint density at radius 1 is 1.19 bits per heavy atom. The minimum Gasteiger partial charge on any atom is -0.381 e. The lowest BCUT2D eigenvalue weighted by atomic mass is 9.88. The maximum Gasteiger partial charge on any atom is 0.242 e. The molecule has 3 rings (SSSR count). The summed E-state index contributed by atoms with van der Waals surface area (Å²) in [4.78, 5) is 2.51. The Hall–Kier alpha value is -0.0200. The van der Waals surface area contributed by atoms with E-state index < -0.39 is 10.0 Å². The van der Waals surface area contributed by atoms with E-state index in [0.717, 1.165) is 37.4 Å². The quantitative estimate of drug-likeness (QED) is 0.764. The fourth-order valence-corrected chi connectivity index (χ4v) is 6.39. The van der Waals surface area contributed by atoms with Crippen LogP contribution in [0.4, 0.5) is 0 Å². The second kappa shape index (κ2) is 8.55. The molecule has 5 nitrogen and oxygen atoms in total. The molecule has 0 saturated carbocycles. The van der Waals surface area contributed by atoms with Crippen molar-refractivity contribution < 1.29 is 13.2 Å². The molecule has 26 heavy (non-hydrogen) atoms. The van der Waals surface area contributed by atoms with Crippen LogP contribution in [0.15, 0.2) is 17.0 Å². The third-order valence-electron chi connectivity index (χ3n) is 5.20. The van der Waals surface area contributed by atoms with Crippen molar-refractivity contribution in [1.29, 1.82) is 0 Å². The lowest BCUT2D eigenvalue weighted by Gasteiger charge is -2.48. The first-order valence-electron chi connectivity index (χ1n) is 8.70. The number of halogens is 2. The van der Waals surface area contributed by atoms with Crippen LogP contribution < -0.4 is 4.72 Å². The molecule has 0 atom stereocenters. The molecule has 0 bridgehead atoms. The Labute approximate surface area is 169 Å². The van der Waals surface area contributed by atoms with Crippen molar-refractivity contribution in [1.82, 2.24) is 9.62 Å². The van der Waals surface area contributed by atoms with E-state index in [9.17, 15) is 8.42 Å². The topological polar surface area (TPSA) is 58.6 Å². The molecule has 1 N–H and O–H groups in total. The normalized spacial score (nSPS) is 21.7. The van der Waals surface area contributed by atoms with Crippen LogP contribution in [0.25, 0.3) is 0 Å². The second-order valence-electron chi connectivity index (χ2n) is 6.79. The molecule has 1 aromatic carbocycles. The van der Waals surface area contributed by atoms with E-state index in [4.69, 9.17) is 27.9 Å². The summed E-state index contributed by atoms with van der Waals surface area (Å²) < 4.78 is 34.1. The highest BCUT2D eigenvalue weighted by Crippen LogP contribution is 2.32. The molecule has 9 heteroatoms. The third kappa shape index (κ3) is 4.51. The molecule has 0 aliphatic carbocycles. The highest BCUT2D eigenvalue weighted by molar-refractivity contribution is 7.99. The lowest BCUT2D eigenvalue weighted by molar-refractivity contribution is -0.0218. The highest BCUT2D eigenvalue weighted by atomic mass is 35.5. The Balaban J connectivity index is 1.81. The summed E-state index contributed by atoms with van der Waals surface area (Å²) in [6.07, 6.45) is 1.65. The van der Waals surface area contributed by atoms with Gasteiger partial charge in [-0.2, -0.15) is 11.8 Å². The molecule has 0 unspecified atom stereocenters. The Kier molecular flexibility index (Phi) is 6.81. The molecular weight excluding hydrogens is 415 g/mol. The zero-order valence-electron chi connectivity index (χ0n) is 14.8. The van der Waals surface area contributed by atoms with E-state index in [-0.39, 0.29) is 15.5 Å². The van der Waals surface area contributed by atoms with E-state index in [1.807, 2.05) is 11.8 Å². The van der Waals surface area contributed by atoms with Crippen molar-refractivity contribution in [2.45, 2.75) is 30.2 Å². The SMILES string of the molecule is Cc1cc(S(=O)(=O)NCC2(N3CCSCC3)CCOCC2)c(Cl)cc1Cl. The number of nitrogens with one attached hydrogen (secondary N) is 1. The van der Waals surface area contributed by atoms with Crippen LogP contribution in [0, 0.1) is 6.92 Å². The van der Waals surface area contributed by atoms with E-state index >= 15 is 0 Å². The van der Waals surface area contributed by atoms with E-state index in [1.54, 1.807) is 6.92 Å². The zero-order valence-corrected chi connectivity index (χ0v) is 17.9. The number of hydrogen-bond donors (Lipinski definition) is 1. The standard InChI is InChI=1S/C17H24Cl2N2O3S2/c1-13-10-16(15(19)11-14(13)18)26(22,23)20-12-17(2-6-24-7-3-17)21-4-8-25-9-5-21/h10-11,20H,2-9,12H2,1H3. The fraction of sp³-hybridized carbons (Fsp3) is 0.647. The van der Waals surface area contributed by atoms with Crippen molar-refractivity contribution >= 4 is 45.0 Å². The zero-order chi connectivity index (χ0) is 18.8. The smallest absolute Gasteiger partial charge is 0.242 e. The van der Waals surface area contributed by atoms with Gasteiger partial charge >= 0.3 is 0 Å². The first-order chi connectivity index (χ1) is 12.3. The summed E-state index contributed by atoms with van der Waals surface area (Å²) in [5.41, 5.74) is 0.491. The number of thioether (sulfide) groups is 1. The van der Waals surface area contributed by atoms with Gasteiger partial charge in [0.2, 0.25) is 10.0 Å². The van der Waals surface area contributed by atoms with Crippen LogP contribution >= 0.6 is 35.0 Å². The largest absolute Gasteiger partial charge is 0.381 e. The maximum atomic E-state index is 12.9. The number of rotatable bonds is 5. The molecule has 0 radical (unpaired) electrons. The molecule has 1 aromatic rings. The first kappa shape index (κ1) is 20.7. The molecule has 2 aliphatic rings. The van der Waals surface area contributed by atoms with Crippen molar-refractivity contribution in [3.05, 3.63) is 27.7 Å². The number of ether oxygens (including phenoxy) is 1. The Bertz CT molecular complexity index is 747. The van der Waals surface area contributed by atoms with Gasteiger partial charge in [-0.1, -0.05) is 23.2 Å².